The van der Waals surface area contributed by atoms with Gasteiger partial charge in [0.05, 0.1) is 11.2 Å². The van der Waals surface area contributed by atoms with Crippen LogP contribution in [0, 0.1) is 0 Å². The van der Waals surface area contributed by atoms with Crippen molar-refractivity contribution in [3.8, 4) is 0 Å². The molecule has 1 aromatic carbocycles. The van der Waals surface area contributed by atoms with E-state index in [4.69, 9.17) is 4.42 Å². The second kappa shape index (κ2) is 6.88. The van der Waals surface area contributed by atoms with E-state index in [1.54, 1.807) is 24.3 Å². The first-order chi connectivity index (χ1) is 10.0. The summed E-state index contributed by atoms with van der Waals surface area (Å²) in [6.45, 7) is 0.235. The quantitative estimate of drug-likeness (QED) is 0.756. The van der Waals surface area contributed by atoms with Crippen LogP contribution in [0.4, 0.5) is 0 Å². The summed E-state index contributed by atoms with van der Waals surface area (Å²) in [5.74, 6) is -0.205. The molecule has 1 amide bonds. The molecule has 6 nitrogen and oxygen atoms in total. The Hall–Kier alpha value is -1.64. The fourth-order valence-electron chi connectivity index (χ4n) is 1.60. The number of furan rings is 1. The van der Waals surface area contributed by atoms with Gasteiger partial charge in [0.25, 0.3) is 5.91 Å². The summed E-state index contributed by atoms with van der Waals surface area (Å²) in [7, 11) is -3.61. The summed E-state index contributed by atoms with van der Waals surface area (Å²) in [6, 6.07) is 9.64. The molecule has 0 unspecified atom stereocenters. The van der Waals surface area contributed by atoms with Crippen molar-refractivity contribution in [2.45, 2.75) is 4.90 Å². The molecule has 2 aromatic rings. The minimum absolute atomic E-state index is 0.0795. The van der Waals surface area contributed by atoms with Crippen molar-refractivity contribution in [2.75, 3.05) is 13.1 Å². The van der Waals surface area contributed by atoms with Crippen molar-refractivity contribution >= 4 is 31.9 Å². The van der Waals surface area contributed by atoms with Crippen LogP contribution in [0.15, 0.2) is 56.4 Å². The molecule has 2 rings (SSSR count). The Morgan fingerprint density at radius 2 is 1.90 bits per heavy atom. The number of benzene rings is 1. The van der Waals surface area contributed by atoms with Crippen molar-refractivity contribution in [3.05, 3.63) is 52.9 Å². The van der Waals surface area contributed by atoms with Crippen LogP contribution in [0.1, 0.15) is 10.6 Å². The molecule has 0 saturated carbocycles. The molecule has 2 N–H and O–H groups in total. The fraction of sp³-hybridized carbons (Fsp3) is 0.154. The van der Waals surface area contributed by atoms with E-state index >= 15 is 0 Å². The first kappa shape index (κ1) is 15.7. The lowest BCUT2D eigenvalue weighted by atomic mass is 10.4. The highest BCUT2D eigenvalue weighted by molar-refractivity contribution is 9.10. The van der Waals surface area contributed by atoms with Crippen LogP contribution in [-0.2, 0) is 10.0 Å². The zero-order chi connectivity index (χ0) is 15.3. The molecular formula is C13H13BrN2O4S. The third kappa shape index (κ3) is 4.16. The minimum atomic E-state index is -3.61. The van der Waals surface area contributed by atoms with Gasteiger partial charge in [0, 0.05) is 17.6 Å². The summed E-state index contributed by atoms with van der Waals surface area (Å²) in [5.41, 5.74) is 0. The highest BCUT2D eigenvalue weighted by Gasteiger charge is 2.16. The number of carbonyl (C=O) groups excluding carboxylic acids is 1. The van der Waals surface area contributed by atoms with Gasteiger partial charge in [0.15, 0.2) is 5.76 Å². The Labute approximate surface area is 130 Å². The Morgan fingerprint density at radius 3 is 2.57 bits per heavy atom. The zero-order valence-corrected chi connectivity index (χ0v) is 13.3. The average Bonchev–Trinajstić information content (AvgIpc) is 2.98. The van der Waals surface area contributed by atoms with E-state index in [9.17, 15) is 13.2 Å². The molecule has 0 aliphatic rings. The Balaban J connectivity index is 1.86. The van der Waals surface area contributed by atoms with Gasteiger partial charge in [-0.05, 0) is 40.2 Å². The van der Waals surface area contributed by atoms with Crippen molar-refractivity contribution in [3.63, 3.8) is 0 Å². The molecule has 112 valence electrons. The summed E-state index contributed by atoms with van der Waals surface area (Å²) in [6.07, 6.45) is 1.39. The molecular weight excluding hydrogens is 360 g/mol. The number of halogens is 1. The largest absolute Gasteiger partial charge is 0.459 e. The van der Waals surface area contributed by atoms with E-state index in [2.05, 4.69) is 26.0 Å². The van der Waals surface area contributed by atoms with Crippen LogP contribution in [-0.4, -0.2) is 27.4 Å². The Morgan fingerprint density at radius 1 is 1.14 bits per heavy atom. The minimum Gasteiger partial charge on any atom is -0.459 e. The summed E-state index contributed by atoms with van der Waals surface area (Å²) < 4.78 is 31.9. The highest BCUT2D eigenvalue weighted by atomic mass is 79.9. The molecule has 0 radical (unpaired) electrons. The van der Waals surface area contributed by atoms with Gasteiger partial charge in [-0.2, -0.15) is 0 Å². The van der Waals surface area contributed by atoms with Gasteiger partial charge in [-0.3, -0.25) is 4.79 Å². The number of nitrogens with one attached hydrogen (secondary N) is 2. The van der Waals surface area contributed by atoms with E-state index in [1.165, 1.54) is 18.4 Å². The molecule has 1 aromatic heterocycles. The van der Waals surface area contributed by atoms with E-state index < -0.39 is 10.0 Å². The van der Waals surface area contributed by atoms with Crippen molar-refractivity contribution in [2.24, 2.45) is 0 Å². The third-order valence-corrected chi connectivity index (χ3v) is 5.05. The van der Waals surface area contributed by atoms with Crippen LogP contribution in [0.25, 0.3) is 0 Å². The van der Waals surface area contributed by atoms with E-state index in [0.29, 0.717) is 4.47 Å². The number of hydrogen-bond acceptors (Lipinski definition) is 4. The molecule has 0 aliphatic heterocycles. The summed E-state index contributed by atoms with van der Waals surface area (Å²) in [4.78, 5) is 11.7. The molecule has 0 spiro atoms. The zero-order valence-electron chi connectivity index (χ0n) is 10.9. The predicted octanol–water partition coefficient (Wildman–Crippen LogP) is 1.75. The maximum absolute atomic E-state index is 12.1. The van der Waals surface area contributed by atoms with Gasteiger partial charge in [-0.1, -0.05) is 12.1 Å². The smallest absolute Gasteiger partial charge is 0.287 e. The molecule has 1 heterocycles. The normalized spacial score (nSPS) is 11.3. The SMILES string of the molecule is O=C(NCCNS(=O)(=O)c1ccccc1Br)c1ccco1. The topological polar surface area (TPSA) is 88.4 Å². The monoisotopic (exact) mass is 372 g/mol. The van der Waals surface area contributed by atoms with E-state index in [-0.39, 0.29) is 29.7 Å². The molecule has 0 saturated heterocycles. The standard InChI is InChI=1S/C13H13BrN2O4S/c14-10-4-1-2-6-12(10)21(18,19)16-8-7-15-13(17)11-5-3-9-20-11/h1-6,9,16H,7-8H2,(H,15,17). The molecule has 0 atom stereocenters. The lowest BCUT2D eigenvalue weighted by Crippen LogP contribution is -2.34. The van der Waals surface area contributed by atoms with Crippen molar-refractivity contribution in [1.82, 2.24) is 10.0 Å². The van der Waals surface area contributed by atoms with Gasteiger partial charge in [-0.15, -0.1) is 0 Å². The summed E-state index contributed by atoms with van der Waals surface area (Å²) >= 11 is 3.19. The number of rotatable bonds is 6. The number of hydrogen-bond donors (Lipinski definition) is 2. The third-order valence-electron chi connectivity index (χ3n) is 2.57. The fourth-order valence-corrected chi connectivity index (χ4v) is 3.63. The molecule has 0 fully saturated rings. The van der Waals surface area contributed by atoms with Crippen LogP contribution < -0.4 is 10.0 Å². The van der Waals surface area contributed by atoms with E-state index in [1.807, 2.05) is 0 Å². The van der Waals surface area contributed by atoms with Crippen LogP contribution in [0.2, 0.25) is 0 Å². The second-order valence-electron chi connectivity index (χ2n) is 4.06. The molecule has 0 bridgehead atoms. The van der Waals surface area contributed by atoms with Gasteiger partial charge in [0.1, 0.15) is 0 Å². The van der Waals surface area contributed by atoms with Gasteiger partial charge >= 0.3 is 0 Å². The van der Waals surface area contributed by atoms with Crippen LogP contribution in [0.5, 0.6) is 0 Å². The van der Waals surface area contributed by atoms with Crippen LogP contribution >= 0.6 is 15.9 Å². The van der Waals surface area contributed by atoms with Gasteiger partial charge in [-0.25, -0.2) is 13.1 Å². The van der Waals surface area contributed by atoms with Gasteiger partial charge < -0.3 is 9.73 Å². The average molecular weight is 373 g/mol. The van der Waals surface area contributed by atoms with Crippen molar-refractivity contribution < 1.29 is 17.6 Å². The molecule has 8 heteroatoms. The number of amides is 1. The first-order valence-electron chi connectivity index (χ1n) is 6.06. The Kier molecular flexibility index (Phi) is 5.16. The molecule has 0 aliphatic carbocycles. The lowest BCUT2D eigenvalue weighted by molar-refractivity contribution is 0.0926. The van der Waals surface area contributed by atoms with Gasteiger partial charge in [0.2, 0.25) is 10.0 Å². The maximum Gasteiger partial charge on any atom is 0.287 e. The molecule has 21 heavy (non-hydrogen) atoms. The maximum atomic E-state index is 12.1. The lowest BCUT2D eigenvalue weighted by Gasteiger charge is -2.08. The number of sulfonamides is 1. The van der Waals surface area contributed by atoms with E-state index in [0.717, 1.165) is 0 Å². The second-order valence-corrected chi connectivity index (χ2v) is 6.65. The predicted molar refractivity (Wildman–Crippen MR) is 80.4 cm³/mol. The highest BCUT2D eigenvalue weighted by Crippen LogP contribution is 2.20. The van der Waals surface area contributed by atoms with Crippen molar-refractivity contribution in [1.29, 1.82) is 0 Å². The van der Waals surface area contributed by atoms with Crippen LogP contribution in [0.3, 0.4) is 0 Å². The first-order valence-corrected chi connectivity index (χ1v) is 8.34. The number of carbonyl (C=O) groups is 1. The Bertz CT molecular complexity index is 714. The summed E-state index contributed by atoms with van der Waals surface area (Å²) in [5, 5.41) is 2.55.